The van der Waals surface area contributed by atoms with Gasteiger partial charge >= 0.3 is 5.97 Å². The molecule has 0 bridgehead atoms. The summed E-state index contributed by atoms with van der Waals surface area (Å²) in [6.07, 6.45) is 5.69. The second-order valence-corrected chi connectivity index (χ2v) is 5.97. The summed E-state index contributed by atoms with van der Waals surface area (Å²) in [5.41, 5.74) is 2.55. The van der Waals surface area contributed by atoms with Crippen molar-refractivity contribution in [2.45, 2.75) is 25.8 Å². The molecule has 0 saturated carbocycles. The lowest BCUT2D eigenvalue weighted by atomic mass is 9.89. The molecule has 3 rings (SSSR count). The number of nitrogens with zero attached hydrogens (tertiary/aromatic N) is 3. The van der Waals surface area contributed by atoms with Gasteiger partial charge in [-0.25, -0.2) is 4.98 Å². The van der Waals surface area contributed by atoms with Crippen LogP contribution in [0.5, 0.6) is 0 Å². The number of para-hydroxylation sites is 1. The number of aromatic nitrogens is 2. The summed E-state index contributed by atoms with van der Waals surface area (Å²) in [5, 5.41) is 8.92. The van der Waals surface area contributed by atoms with Crippen molar-refractivity contribution in [3.63, 3.8) is 0 Å². The molecule has 0 radical (unpaired) electrons. The van der Waals surface area contributed by atoms with Crippen molar-refractivity contribution in [3.05, 3.63) is 48.0 Å². The fraction of sp³-hybridized carbons (Fsp3) is 0.412. The van der Waals surface area contributed by atoms with Gasteiger partial charge in [-0.2, -0.15) is 0 Å². The van der Waals surface area contributed by atoms with Gasteiger partial charge in [0.05, 0.1) is 6.54 Å². The Morgan fingerprint density at radius 1 is 1.41 bits per heavy atom. The maximum Gasteiger partial charge on any atom is 0.303 e. The molecule has 1 aromatic carbocycles. The minimum atomic E-state index is -0.713. The van der Waals surface area contributed by atoms with E-state index in [0.29, 0.717) is 5.92 Å². The van der Waals surface area contributed by atoms with Gasteiger partial charge in [0.1, 0.15) is 5.82 Å². The first-order valence-corrected chi connectivity index (χ1v) is 7.64. The molecule has 1 aliphatic heterocycles. The fourth-order valence-electron chi connectivity index (χ4n) is 3.17. The molecular formula is C17H21N3O2. The number of hydrogen-bond donors (Lipinski definition) is 1. The van der Waals surface area contributed by atoms with Gasteiger partial charge in [0.15, 0.2) is 0 Å². The van der Waals surface area contributed by atoms with E-state index in [1.807, 2.05) is 24.0 Å². The monoisotopic (exact) mass is 299 g/mol. The molecule has 0 fully saturated rings. The maximum atomic E-state index is 10.8. The summed E-state index contributed by atoms with van der Waals surface area (Å²) >= 11 is 0. The molecule has 0 saturated heterocycles. The number of carbonyl (C=O) groups is 1. The summed E-state index contributed by atoms with van der Waals surface area (Å²) in [7, 11) is 2.00. The van der Waals surface area contributed by atoms with E-state index < -0.39 is 5.97 Å². The first kappa shape index (κ1) is 14.6. The van der Waals surface area contributed by atoms with Crippen LogP contribution in [0.4, 0.5) is 5.69 Å². The van der Waals surface area contributed by atoms with Crippen molar-refractivity contribution >= 4 is 11.7 Å². The van der Waals surface area contributed by atoms with Gasteiger partial charge in [-0.3, -0.25) is 4.79 Å². The smallest absolute Gasteiger partial charge is 0.303 e. The van der Waals surface area contributed by atoms with Gasteiger partial charge in [0.25, 0.3) is 0 Å². The highest BCUT2D eigenvalue weighted by Gasteiger charge is 2.25. The minimum Gasteiger partial charge on any atom is -0.481 e. The van der Waals surface area contributed by atoms with Crippen LogP contribution < -0.4 is 4.90 Å². The Labute approximate surface area is 130 Å². The zero-order valence-electron chi connectivity index (χ0n) is 12.8. The highest BCUT2D eigenvalue weighted by atomic mass is 16.4. The molecule has 5 nitrogen and oxygen atoms in total. The summed E-state index contributed by atoms with van der Waals surface area (Å²) in [5.74, 6) is 0.689. The Morgan fingerprint density at radius 2 is 2.23 bits per heavy atom. The molecule has 5 heteroatoms. The zero-order valence-corrected chi connectivity index (χ0v) is 12.8. The topological polar surface area (TPSA) is 58.4 Å². The van der Waals surface area contributed by atoms with Crippen LogP contribution >= 0.6 is 0 Å². The van der Waals surface area contributed by atoms with E-state index in [1.54, 1.807) is 0 Å². The van der Waals surface area contributed by atoms with Gasteiger partial charge in [0, 0.05) is 38.1 Å². The van der Waals surface area contributed by atoms with Crippen LogP contribution in [0.1, 0.15) is 24.2 Å². The minimum absolute atomic E-state index is 0.239. The van der Waals surface area contributed by atoms with Crippen LogP contribution in [0.2, 0.25) is 0 Å². The van der Waals surface area contributed by atoms with Crippen molar-refractivity contribution < 1.29 is 9.90 Å². The molecule has 1 unspecified atom stereocenters. The molecule has 1 aromatic heterocycles. The number of carboxylic acid groups (broad SMARTS) is 1. The highest BCUT2D eigenvalue weighted by molar-refractivity contribution is 5.66. The second-order valence-electron chi connectivity index (χ2n) is 5.97. The zero-order chi connectivity index (χ0) is 15.5. The van der Waals surface area contributed by atoms with Crippen LogP contribution in [0, 0.1) is 5.92 Å². The molecule has 1 atom stereocenters. The van der Waals surface area contributed by atoms with Crippen LogP contribution in [-0.4, -0.2) is 27.2 Å². The lowest BCUT2D eigenvalue weighted by Gasteiger charge is -2.36. The summed E-state index contributed by atoms with van der Waals surface area (Å²) in [6, 6.07) is 8.40. The number of benzene rings is 1. The first-order chi connectivity index (χ1) is 10.6. The number of fused-ring (bicyclic) bond motifs is 1. The Balaban J connectivity index is 1.80. The van der Waals surface area contributed by atoms with Gasteiger partial charge in [0.2, 0.25) is 0 Å². The fourth-order valence-corrected chi connectivity index (χ4v) is 3.17. The standard InChI is InChI=1S/C17H21N3O2/c1-19-9-8-18-16(19)12-20-11-13(6-7-17(21)22)10-14-4-2-3-5-15(14)20/h2-5,8-9,13H,6-7,10-12H2,1H3,(H,21,22). The quantitative estimate of drug-likeness (QED) is 0.921. The second kappa shape index (κ2) is 6.22. The molecule has 0 aliphatic carbocycles. The Kier molecular flexibility index (Phi) is 4.13. The third kappa shape index (κ3) is 3.13. The predicted octanol–water partition coefficient (Wildman–Crippen LogP) is 2.46. The van der Waals surface area contributed by atoms with E-state index in [9.17, 15) is 4.79 Å². The summed E-state index contributed by atoms with van der Waals surface area (Å²) in [6.45, 7) is 1.64. The van der Waals surface area contributed by atoms with Crippen LogP contribution in [0.3, 0.4) is 0 Å². The van der Waals surface area contributed by atoms with Crippen molar-refractivity contribution in [3.8, 4) is 0 Å². The number of carboxylic acids is 1. The van der Waals surface area contributed by atoms with Crippen LogP contribution in [0.25, 0.3) is 0 Å². The van der Waals surface area contributed by atoms with Gasteiger partial charge in [-0.05, 0) is 30.4 Å². The maximum absolute atomic E-state index is 10.8. The van der Waals surface area contributed by atoms with Gasteiger partial charge in [-0.15, -0.1) is 0 Å². The molecular weight excluding hydrogens is 278 g/mol. The Morgan fingerprint density at radius 3 is 2.95 bits per heavy atom. The molecule has 0 amide bonds. The number of anilines is 1. The average molecular weight is 299 g/mol. The highest BCUT2D eigenvalue weighted by Crippen LogP contribution is 2.32. The lowest BCUT2D eigenvalue weighted by Crippen LogP contribution is -2.36. The van der Waals surface area contributed by atoms with E-state index in [0.717, 1.165) is 31.8 Å². The first-order valence-electron chi connectivity index (χ1n) is 7.64. The average Bonchev–Trinajstić information content (AvgIpc) is 2.90. The molecule has 22 heavy (non-hydrogen) atoms. The van der Waals surface area contributed by atoms with E-state index in [4.69, 9.17) is 5.11 Å². The Hall–Kier alpha value is -2.30. The van der Waals surface area contributed by atoms with Crippen molar-refractivity contribution in [1.29, 1.82) is 0 Å². The third-order valence-corrected chi connectivity index (χ3v) is 4.34. The molecule has 2 aromatic rings. The van der Waals surface area contributed by atoms with Crippen molar-refractivity contribution in [2.75, 3.05) is 11.4 Å². The van der Waals surface area contributed by atoms with Gasteiger partial charge in [-0.1, -0.05) is 18.2 Å². The molecule has 116 valence electrons. The van der Waals surface area contributed by atoms with E-state index in [1.165, 1.54) is 11.3 Å². The summed E-state index contributed by atoms with van der Waals surface area (Å²) < 4.78 is 2.03. The molecule has 1 N–H and O–H groups in total. The SMILES string of the molecule is Cn1ccnc1CN1CC(CCC(=O)O)Cc2ccccc21. The van der Waals surface area contributed by atoms with Crippen LogP contribution in [-0.2, 0) is 24.8 Å². The van der Waals surface area contributed by atoms with Gasteiger partial charge < -0.3 is 14.6 Å². The normalized spacial score (nSPS) is 17.3. The lowest BCUT2D eigenvalue weighted by molar-refractivity contribution is -0.137. The third-order valence-electron chi connectivity index (χ3n) is 4.34. The van der Waals surface area contributed by atoms with Crippen molar-refractivity contribution in [1.82, 2.24) is 9.55 Å². The van der Waals surface area contributed by atoms with Crippen LogP contribution in [0.15, 0.2) is 36.7 Å². The number of aryl methyl sites for hydroxylation is 1. The number of aliphatic carboxylic acids is 1. The van der Waals surface area contributed by atoms with Crippen molar-refractivity contribution in [2.24, 2.45) is 13.0 Å². The number of imidazole rings is 1. The Bertz CT molecular complexity index is 665. The van der Waals surface area contributed by atoms with E-state index in [-0.39, 0.29) is 6.42 Å². The number of hydrogen-bond acceptors (Lipinski definition) is 3. The molecule has 0 spiro atoms. The largest absolute Gasteiger partial charge is 0.481 e. The van der Waals surface area contributed by atoms with E-state index in [2.05, 4.69) is 34.1 Å². The molecule has 1 aliphatic rings. The summed E-state index contributed by atoms with van der Waals surface area (Å²) in [4.78, 5) is 17.6. The predicted molar refractivity (Wildman–Crippen MR) is 84.8 cm³/mol. The number of rotatable bonds is 5. The van der Waals surface area contributed by atoms with E-state index >= 15 is 0 Å². The molecule has 2 heterocycles.